The summed E-state index contributed by atoms with van der Waals surface area (Å²) in [7, 11) is 5.95. The Hall–Kier alpha value is -4.56. The summed E-state index contributed by atoms with van der Waals surface area (Å²) < 4.78 is 4.86. The fourth-order valence-electron chi connectivity index (χ4n) is 7.58. The molecule has 0 aliphatic carbocycles. The van der Waals surface area contributed by atoms with E-state index in [0.717, 1.165) is 42.7 Å². The van der Waals surface area contributed by atoms with E-state index in [1.165, 1.54) is 33.0 Å². The van der Waals surface area contributed by atoms with E-state index in [9.17, 15) is 9.59 Å². The molecule has 8 heteroatoms. The Labute approximate surface area is 264 Å². The van der Waals surface area contributed by atoms with E-state index < -0.39 is 0 Å². The largest absolute Gasteiger partial charge is 0.365 e. The van der Waals surface area contributed by atoms with Gasteiger partial charge in [0.2, 0.25) is 11.8 Å². The Bertz CT molecular complexity index is 1940. The van der Waals surface area contributed by atoms with Crippen LogP contribution < -0.4 is 5.32 Å². The molecule has 0 radical (unpaired) electrons. The zero-order valence-corrected chi connectivity index (χ0v) is 26.9. The van der Waals surface area contributed by atoms with Gasteiger partial charge in [0.1, 0.15) is 11.7 Å². The fourth-order valence-corrected chi connectivity index (χ4v) is 7.58. The molecule has 0 saturated carbocycles. The van der Waals surface area contributed by atoms with Gasteiger partial charge in [-0.2, -0.15) is 0 Å². The van der Waals surface area contributed by atoms with E-state index in [4.69, 9.17) is 0 Å². The first-order valence-corrected chi connectivity index (χ1v) is 15.9. The van der Waals surface area contributed by atoms with Crippen LogP contribution in [0.4, 0.5) is 5.69 Å². The molecule has 4 heterocycles. The van der Waals surface area contributed by atoms with Crippen LogP contribution >= 0.6 is 0 Å². The van der Waals surface area contributed by atoms with Gasteiger partial charge in [-0.25, -0.2) is 0 Å². The lowest BCUT2D eigenvalue weighted by molar-refractivity contribution is -0.128. The summed E-state index contributed by atoms with van der Waals surface area (Å²) in [4.78, 5) is 29.9. The molecule has 3 aromatic carbocycles. The molecule has 0 unspecified atom stereocenters. The number of likely N-dealkylation sites (N-methyl/N-ethyl adjacent to an activating group) is 3. The summed E-state index contributed by atoms with van der Waals surface area (Å²) in [6, 6.07) is 24.0. The van der Waals surface area contributed by atoms with Crippen LogP contribution in [-0.2, 0) is 28.0 Å². The van der Waals surface area contributed by atoms with Gasteiger partial charge in [0.15, 0.2) is 0 Å². The maximum atomic E-state index is 12.0. The molecular formula is C37H42N6O2. The predicted molar refractivity (Wildman–Crippen MR) is 181 cm³/mol. The van der Waals surface area contributed by atoms with Crippen molar-refractivity contribution in [2.75, 3.05) is 46.1 Å². The molecule has 1 saturated heterocycles. The first-order valence-electron chi connectivity index (χ1n) is 15.9. The lowest BCUT2D eigenvalue weighted by atomic mass is 9.87. The number of benzene rings is 3. The maximum Gasteiger partial charge on any atom is 0.219 e. The van der Waals surface area contributed by atoms with Crippen LogP contribution in [0, 0.1) is 0 Å². The Morgan fingerprint density at radius 2 is 1.42 bits per heavy atom. The number of aromatic nitrogens is 2. The number of anilines is 1. The third-order valence-electron chi connectivity index (χ3n) is 10.3. The minimum absolute atomic E-state index is 0.0799. The number of rotatable bonds is 8. The van der Waals surface area contributed by atoms with Crippen molar-refractivity contribution in [1.29, 1.82) is 0 Å². The second-order valence-corrected chi connectivity index (χ2v) is 12.9. The SMILES string of the molecule is CC(=O)N(C)CCc1cn(-c2cccc3c2N[C@H]2N(C)CC[C@@]32n2cc(CCN(C)C(C)=O)c3ccccc32)c2ccccc12. The summed E-state index contributed by atoms with van der Waals surface area (Å²) >= 11 is 0. The predicted octanol–water partition coefficient (Wildman–Crippen LogP) is 5.46. The molecule has 1 N–H and O–H groups in total. The zero-order chi connectivity index (χ0) is 31.5. The van der Waals surface area contributed by atoms with E-state index in [-0.39, 0.29) is 23.5 Å². The monoisotopic (exact) mass is 602 g/mol. The van der Waals surface area contributed by atoms with Gasteiger partial charge in [0.25, 0.3) is 0 Å². The highest BCUT2D eigenvalue weighted by molar-refractivity contribution is 5.89. The van der Waals surface area contributed by atoms with Crippen molar-refractivity contribution in [2.45, 2.75) is 44.8 Å². The van der Waals surface area contributed by atoms with Gasteiger partial charge in [-0.3, -0.25) is 14.5 Å². The Kier molecular flexibility index (Phi) is 7.20. The minimum Gasteiger partial charge on any atom is -0.365 e. The summed E-state index contributed by atoms with van der Waals surface area (Å²) in [5, 5.41) is 6.47. The summed E-state index contributed by atoms with van der Waals surface area (Å²) in [5.41, 5.74) is 8.20. The van der Waals surface area contributed by atoms with Gasteiger partial charge >= 0.3 is 0 Å². The summed E-state index contributed by atoms with van der Waals surface area (Å²) in [6.45, 7) is 5.59. The van der Waals surface area contributed by atoms with Crippen LogP contribution in [0.3, 0.4) is 0 Å². The number of nitrogens with zero attached hydrogens (tertiary/aromatic N) is 5. The van der Waals surface area contributed by atoms with Crippen LogP contribution in [0.2, 0.25) is 0 Å². The van der Waals surface area contributed by atoms with E-state index >= 15 is 0 Å². The molecule has 7 rings (SSSR count). The smallest absolute Gasteiger partial charge is 0.219 e. The topological polar surface area (TPSA) is 65.8 Å². The third kappa shape index (κ3) is 4.62. The number of fused-ring (bicyclic) bond motifs is 5. The maximum absolute atomic E-state index is 12.0. The van der Waals surface area contributed by atoms with Crippen LogP contribution in [0.5, 0.6) is 0 Å². The highest BCUT2D eigenvalue weighted by Gasteiger charge is 2.55. The number of likely N-dealkylation sites (tertiary alicyclic amines) is 1. The average molecular weight is 603 g/mol. The van der Waals surface area contributed by atoms with E-state index in [1.54, 1.807) is 23.6 Å². The molecule has 2 aliphatic heterocycles. The number of carbonyl (C=O) groups excluding carboxylic acids is 2. The second-order valence-electron chi connectivity index (χ2n) is 12.9. The first kappa shape index (κ1) is 29.2. The lowest BCUT2D eigenvalue weighted by Crippen LogP contribution is -2.46. The van der Waals surface area contributed by atoms with Gasteiger partial charge in [0, 0.05) is 81.8 Å². The molecule has 2 aromatic heterocycles. The van der Waals surface area contributed by atoms with Crippen molar-refractivity contribution in [3.8, 4) is 5.69 Å². The van der Waals surface area contributed by atoms with Crippen LogP contribution in [0.25, 0.3) is 27.5 Å². The molecule has 8 nitrogen and oxygen atoms in total. The van der Waals surface area contributed by atoms with Crippen molar-refractivity contribution >= 4 is 39.3 Å². The number of amides is 2. The minimum atomic E-state index is -0.291. The number of hydrogen-bond donors (Lipinski definition) is 1. The Morgan fingerprint density at radius 1 is 0.822 bits per heavy atom. The van der Waals surface area contributed by atoms with Gasteiger partial charge in [-0.15, -0.1) is 0 Å². The average Bonchev–Trinajstić information content (AvgIpc) is 3.78. The molecule has 2 atom stereocenters. The first-order chi connectivity index (χ1) is 21.7. The Balaban J connectivity index is 1.36. The standard InChI is InChI=1S/C37H42N6O2/c1-25(44)39(3)20-17-27-23-42(32-14-8-6-11-29(27)32)34-16-10-13-31-35(34)38-36-37(31,19-22-41(36)5)43-24-28(18-21-40(4)26(2)45)30-12-7-9-15-33(30)43/h6-16,23-24,36,38H,17-22H2,1-5H3/t36-,37+/m0/s1. The van der Waals surface area contributed by atoms with Gasteiger partial charge in [-0.05, 0) is 55.6 Å². The molecule has 1 fully saturated rings. The second kappa shape index (κ2) is 11.1. The number of carbonyl (C=O) groups is 2. The van der Waals surface area contributed by atoms with Crippen molar-refractivity contribution in [3.63, 3.8) is 0 Å². The summed E-state index contributed by atoms with van der Waals surface area (Å²) in [5.74, 6) is 0.166. The fraction of sp³-hybridized carbons (Fsp3) is 0.351. The van der Waals surface area contributed by atoms with Gasteiger partial charge in [-0.1, -0.05) is 48.5 Å². The van der Waals surface area contributed by atoms with Crippen molar-refractivity contribution in [1.82, 2.24) is 23.8 Å². The number of nitrogens with one attached hydrogen (secondary N) is 1. The molecule has 2 aliphatic rings. The third-order valence-corrected chi connectivity index (χ3v) is 10.3. The molecule has 5 aromatic rings. The molecule has 45 heavy (non-hydrogen) atoms. The van der Waals surface area contributed by atoms with Crippen molar-refractivity contribution in [3.05, 3.63) is 95.8 Å². The number of para-hydroxylation sites is 3. The lowest BCUT2D eigenvalue weighted by Gasteiger charge is -2.34. The molecule has 0 bridgehead atoms. The van der Waals surface area contributed by atoms with Gasteiger partial charge < -0.3 is 24.3 Å². The summed E-state index contributed by atoms with van der Waals surface area (Å²) in [6.07, 6.45) is 7.27. The quantitative estimate of drug-likeness (QED) is 0.256. The van der Waals surface area contributed by atoms with Crippen molar-refractivity contribution in [2.24, 2.45) is 0 Å². The normalized spacial score (nSPS) is 19.1. The van der Waals surface area contributed by atoms with E-state index in [1.807, 2.05) is 14.1 Å². The zero-order valence-electron chi connectivity index (χ0n) is 26.9. The highest BCUT2D eigenvalue weighted by atomic mass is 16.2. The Morgan fingerprint density at radius 3 is 2.09 bits per heavy atom. The van der Waals surface area contributed by atoms with E-state index in [0.29, 0.717) is 13.1 Å². The molecule has 0 spiro atoms. The molecule has 232 valence electrons. The van der Waals surface area contributed by atoms with E-state index in [2.05, 4.69) is 106 Å². The van der Waals surface area contributed by atoms with Crippen LogP contribution in [0.1, 0.15) is 37.0 Å². The highest BCUT2D eigenvalue weighted by Crippen LogP contribution is 2.52. The van der Waals surface area contributed by atoms with Crippen LogP contribution in [-0.4, -0.2) is 82.6 Å². The van der Waals surface area contributed by atoms with Crippen LogP contribution in [0.15, 0.2) is 79.1 Å². The number of hydrogen-bond acceptors (Lipinski definition) is 4. The molecule has 2 amide bonds. The van der Waals surface area contributed by atoms with Gasteiger partial charge in [0.05, 0.1) is 16.9 Å². The van der Waals surface area contributed by atoms with Crippen molar-refractivity contribution < 1.29 is 9.59 Å². The molecular weight excluding hydrogens is 560 g/mol.